The van der Waals surface area contributed by atoms with Crippen molar-refractivity contribution in [2.75, 3.05) is 7.11 Å². The number of ether oxygens (including phenoxy) is 1. The molecule has 0 unspecified atom stereocenters. The summed E-state index contributed by atoms with van der Waals surface area (Å²) in [6.07, 6.45) is 6.10. The molecule has 1 aromatic rings. The van der Waals surface area contributed by atoms with Gasteiger partial charge in [0.25, 0.3) is 5.56 Å². The lowest BCUT2D eigenvalue weighted by Gasteiger charge is -2.35. The molecule has 0 amide bonds. The van der Waals surface area contributed by atoms with Crippen LogP contribution in [0.1, 0.15) is 57.5 Å². The lowest BCUT2D eigenvalue weighted by molar-refractivity contribution is -0.0518. The molecule has 4 nitrogen and oxygen atoms in total. The summed E-state index contributed by atoms with van der Waals surface area (Å²) in [5.41, 5.74) is 0.317. The van der Waals surface area contributed by atoms with E-state index in [4.69, 9.17) is 9.72 Å². The van der Waals surface area contributed by atoms with Gasteiger partial charge in [-0.05, 0) is 41.1 Å². The van der Waals surface area contributed by atoms with Crippen LogP contribution in [0, 0.1) is 5.92 Å². The molecule has 0 atom stereocenters. The smallest absolute Gasteiger partial charge is 0.265 e. The number of rotatable bonds is 4. The third-order valence-electron chi connectivity index (χ3n) is 4.02. The van der Waals surface area contributed by atoms with Crippen LogP contribution in [0.2, 0.25) is 0 Å². The molecule has 1 aliphatic rings. The standard InChI is InChI=1S/C15H23BrN2O2/c1-10(2)9-11-12(16)13(19)18-14(17-11)15(20-3)7-5-4-6-8-15/h10H,4-9H2,1-3H3,(H,17,18,19). The minimum Gasteiger partial charge on any atom is -0.370 e. The molecule has 1 aliphatic carbocycles. The molecule has 1 saturated carbocycles. The third kappa shape index (κ3) is 3.14. The zero-order valence-electron chi connectivity index (χ0n) is 12.5. The average Bonchev–Trinajstić information content (AvgIpc) is 2.44. The lowest BCUT2D eigenvalue weighted by Crippen LogP contribution is -2.36. The van der Waals surface area contributed by atoms with Crippen molar-refractivity contribution in [3.05, 3.63) is 26.3 Å². The van der Waals surface area contributed by atoms with Gasteiger partial charge in [-0.3, -0.25) is 4.79 Å². The highest BCUT2D eigenvalue weighted by molar-refractivity contribution is 9.10. The molecular weight excluding hydrogens is 320 g/mol. The second-order valence-corrected chi connectivity index (χ2v) is 6.83. The second kappa shape index (κ2) is 6.39. The predicted octanol–water partition coefficient (Wildman–Crippen LogP) is 3.54. The molecule has 1 aromatic heterocycles. The summed E-state index contributed by atoms with van der Waals surface area (Å²) in [4.78, 5) is 19.8. The zero-order valence-corrected chi connectivity index (χ0v) is 14.0. The topological polar surface area (TPSA) is 55.0 Å². The summed E-state index contributed by atoms with van der Waals surface area (Å²) in [6, 6.07) is 0. The van der Waals surface area contributed by atoms with Gasteiger partial charge >= 0.3 is 0 Å². The molecule has 0 aromatic carbocycles. The van der Waals surface area contributed by atoms with Gasteiger partial charge in [-0.1, -0.05) is 33.1 Å². The Hall–Kier alpha value is -0.680. The van der Waals surface area contributed by atoms with E-state index in [1.807, 2.05) is 0 Å². The molecule has 112 valence electrons. The van der Waals surface area contributed by atoms with Gasteiger partial charge in [0.1, 0.15) is 15.9 Å². The molecule has 1 fully saturated rings. The maximum Gasteiger partial charge on any atom is 0.265 e. The number of H-pyrrole nitrogens is 1. The predicted molar refractivity (Wildman–Crippen MR) is 82.9 cm³/mol. The number of hydrogen-bond acceptors (Lipinski definition) is 3. The Morgan fingerprint density at radius 1 is 1.35 bits per heavy atom. The first kappa shape index (κ1) is 15.7. The summed E-state index contributed by atoms with van der Waals surface area (Å²) >= 11 is 3.36. The maximum absolute atomic E-state index is 12.1. The highest BCUT2D eigenvalue weighted by Gasteiger charge is 2.37. The van der Waals surface area contributed by atoms with Gasteiger partial charge in [-0.15, -0.1) is 0 Å². The molecule has 0 aliphatic heterocycles. The first-order chi connectivity index (χ1) is 9.48. The van der Waals surface area contributed by atoms with Gasteiger partial charge in [-0.25, -0.2) is 4.98 Å². The largest absolute Gasteiger partial charge is 0.370 e. The maximum atomic E-state index is 12.1. The number of hydrogen-bond donors (Lipinski definition) is 1. The number of aromatic nitrogens is 2. The Labute approximate surface area is 128 Å². The Kier molecular flexibility index (Phi) is 5.02. The van der Waals surface area contributed by atoms with Crippen molar-refractivity contribution in [2.45, 2.75) is 58.0 Å². The fraction of sp³-hybridized carbons (Fsp3) is 0.733. The van der Waals surface area contributed by atoms with E-state index < -0.39 is 5.60 Å². The summed E-state index contributed by atoms with van der Waals surface area (Å²) < 4.78 is 6.32. The first-order valence-electron chi connectivity index (χ1n) is 7.33. The van der Waals surface area contributed by atoms with Gasteiger partial charge in [0.15, 0.2) is 0 Å². The van der Waals surface area contributed by atoms with Crippen LogP contribution in [0.25, 0.3) is 0 Å². The molecule has 0 saturated heterocycles. The molecule has 1 N–H and O–H groups in total. The highest BCUT2D eigenvalue weighted by atomic mass is 79.9. The molecule has 5 heteroatoms. The molecule has 20 heavy (non-hydrogen) atoms. The van der Waals surface area contributed by atoms with E-state index in [1.165, 1.54) is 6.42 Å². The van der Waals surface area contributed by atoms with Gasteiger partial charge in [0, 0.05) is 7.11 Å². The quantitative estimate of drug-likeness (QED) is 0.910. The minimum atomic E-state index is -0.413. The zero-order chi connectivity index (χ0) is 14.8. The van der Waals surface area contributed by atoms with E-state index in [1.54, 1.807) is 7.11 Å². The van der Waals surface area contributed by atoms with E-state index in [0.717, 1.165) is 37.8 Å². The SMILES string of the molecule is COC1(c2nc(CC(C)C)c(Br)c(=O)[nH]2)CCCCC1. The summed E-state index contributed by atoms with van der Waals surface area (Å²) in [7, 11) is 1.72. The molecule has 1 heterocycles. The third-order valence-corrected chi connectivity index (χ3v) is 4.83. The van der Waals surface area contributed by atoms with Crippen LogP contribution in [-0.2, 0) is 16.8 Å². The fourth-order valence-corrected chi connectivity index (χ4v) is 3.25. The summed E-state index contributed by atoms with van der Waals surface area (Å²) in [5.74, 6) is 1.15. The highest BCUT2D eigenvalue weighted by Crippen LogP contribution is 2.38. The fourth-order valence-electron chi connectivity index (χ4n) is 2.90. The molecule has 0 radical (unpaired) electrons. The van der Waals surface area contributed by atoms with E-state index in [-0.39, 0.29) is 5.56 Å². The Morgan fingerprint density at radius 3 is 2.55 bits per heavy atom. The number of methoxy groups -OCH3 is 1. The molecular formula is C15H23BrN2O2. The normalized spacial score (nSPS) is 18.4. The summed E-state index contributed by atoms with van der Waals surface area (Å²) in [6.45, 7) is 4.25. The minimum absolute atomic E-state index is 0.104. The van der Waals surface area contributed by atoms with Crippen molar-refractivity contribution >= 4 is 15.9 Å². The van der Waals surface area contributed by atoms with Crippen LogP contribution in [0.3, 0.4) is 0 Å². The Morgan fingerprint density at radius 2 is 2.00 bits per heavy atom. The Bertz CT molecular complexity index is 519. The van der Waals surface area contributed by atoms with Crippen molar-refractivity contribution in [3.63, 3.8) is 0 Å². The van der Waals surface area contributed by atoms with Gasteiger partial charge in [0.05, 0.1) is 5.69 Å². The summed E-state index contributed by atoms with van der Waals surface area (Å²) in [5, 5.41) is 0. The van der Waals surface area contributed by atoms with Crippen molar-refractivity contribution in [1.29, 1.82) is 0 Å². The lowest BCUT2D eigenvalue weighted by atomic mass is 9.84. The number of aromatic amines is 1. The van der Waals surface area contributed by atoms with Crippen LogP contribution < -0.4 is 5.56 Å². The van der Waals surface area contributed by atoms with Crippen LogP contribution in [-0.4, -0.2) is 17.1 Å². The van der Waals surface area contributed by atoms with Crippen LogP contribution >= 0.6 is 15.9 Å². The molecule has 2 rings (SSSR count). The van der Waals surface area contributed by atoms with Gasteiger partial charge in [-0.2, -0.15) is 0 Å². The van der Waals surface area contributed by atoms with E-state index in [2.05, 4.69) is 34.8 Å². The second-order valence-electron chi connectivity index (χ2n) is 6.03. The molecule has 0 spiro atoms. The number of nitrogens with one attached hydrogen (secondary N) is 1. The van der Waals surface area contributed by atoms with E-state index in [9.17, 15) is 4.79 Å². The van der Waals surface area contributed by atoms with Gasteiger partial charge < -0.3 is 9.72 Å². The van der Waals surface area contributed by atoms with E-state index in [0.29, 0.717) is 16.2 Å². The number of nitrogens with zero attached hydrogens (tertiary/aromatic N) is 1. The van der Waals surface area contributed by atoms with Crippen molar-refractivity contribution in [2.24, 2.45) is 5.92 Å². The van der Waals surface area contributed by atoms with Gasteiger partial charge in [0.2, 0.25) is 0 Å². The van der Waals surface area contributed by atoms with Crippen LogP contribution in [0.15, 0.2) is 9.27 Å². The van der Waals surface area contributed by atoms with Crippen LogP contribution in [0.4, 0.5) is 0 Å². The van der Waals surface area contributed by atoms with Crippen molar-refractivity contribution in [3.8, 4) is 0 Å². The Balaban J connectivity index is 2.45. The number of halogens is 1. The van der Waals surface area contributed by atoms with Crippen LogP contribution in [0.5, 0.6) is 0 Å². The molecule has 0 bridgehead atoms. The van der Waals surface area contributed by atoms with Crippen molar-refractivity contribution in [1.82, 2.24) is 9.97 Å². The van der Waals surface area contributed by atoms with E-state index >= 15 is 0 Å². The van der Waals surface area contributed by atoms with Crippen molar-refractivity contribution < 1.29 is 4.74 Å². The first-order valence-corrected chi connectivity index (χ1v) is 8.12. The average molecular weight is 343 g/mol. The monoisotopic (exact) mass is 342 g/mol.